The van der Waals surface area contributed by atoms with Crippen molar-refractivity contribution in [2.75, 3.05) is 32.7 Å². The summed E-state index contributed by atoms with van der Waals surface area (Å²) in [5.41, 5.74) is 4.92. The lowest BCUT2D eigenvalue weighted by Crippen LogP contribution is -2.52. The van der Waals surface area contributed by atoms with Crippen LogP contribution in [0.5, 0.6) is 0 Å². The summed E-state index contributed by atoms with van der Waals surface area (Å²) in [6, 6.07) is 0. The fraction of sp³-hybridized carbons (Fsp3) is 0.818. The summed E-state index contributed by atoms with van der Waals surface area (Å²) in [7, 11) is 0. The number of nitrogens with zero attached hydrogens (tertiary/aromatic N) is 2. The van der Waals surface area contributed by atoms with Gasteiger partial charge in [0.05, 0.1) is 12.1 Å². The van der Waals surface area contributed by atoms with Gasteiger partial charge in [0.1, 0.15) is 0 Å². The molecule has 0 saturated carbocycles. The van der Waals surface area contributed by atoms with Gasteiger partial charge in [-0.1, -0.05) is 0 Å². The molecule has 3 N–H and O–H groups in total. The molecule has 0 aromatic carbocycles. The number of carboxylic acids is 1. The smallest absolute Gasteiger partial charge is 0.317 e. The molecule has 6 heteroatoms. The zero-order valence-electron chi connectivity index (χ0n) is 10.5. The number of hydrogen-bond donors (Lipinski definition) is 2. The zero-order valence-corrected chi connectivity index (χ0v) is 10.5. The predicted molar refractivity (Wildman–Crippen MR) is 63.5 cm³/mol. The number of carbonyl (C=O) groups excluding carboxylic acids is 1. The summed E-state index contributed by atoms with van der Waals surface area (Å²) in [5.74, 6) is -0.904. The molecule has 1 fully saturated rings. The van der Waals surface area contributed by atoms with Crippen molar-refractivity contribution in [2.24, 2.45) is 5.73 Å². The minimum Gasteiger partial charge on any atom is -0.480 e. The van der Waals surface area contributed by atoms with Crippen LogP contribution in [0.1, 0.15) is 20.3 Å². The van der Waals surface area contributed by atoms with E-state index in [1.807, 2.05) is 4.90 Å². The standard InChI is InChI=1S/C11H21N3O3/c1-11(2,12)10(17)14-5-3-4-13(6-7-14)8-9(15)16/h3-8,12H2,1-2H3,(H,15,16). The van der Waals surface area contributed by atoms with Crippen molar-refractivity contribution in [3.8, 4) is 0 Å². The highest BCUT2D eigenvalue weighted by Crippen LogP contribution is 2.09. The third kappa shape index (κ3) is 4.32. The molecule has 0 radical (unpaired) electrons. The normalized spacial score (nSPS) is 18.9. The number of carbonyl (C=O) groups is 2. The van der Waals surface area contributed by atoms with Crippen LogP contribution in [-0.4, -0.2) is 65.0 Å². The average molecular weight is 243 g/mol. The van der Waals surface area contributed by atoms with Crippen LogP contribution < -0.4 is 5.73 Å². The minimum atomic E-state index is -0.859. The Morgan fingerprint density at radius 1 is 1.24 bits per heavy atom. The van der Waals surface area contributed by atoms with Gasteiger partial charge < -0.3 is 15.7 Å². The molecule has 98 valence electrons. The average Bonchev–Trinajstić information content (AvgIpc) is 2.40. The lowest BCUT2D eigenvalue weighted by Gasteiger charge is -2.28. The van der Waals surface area contributed by atoms with Crippen LogP contribution >= 0.6 is 0 Å². The van der Waals surface area contributed by atoms with Crippen molar-refractivity contribution < 1.29 is 14.7 Å². The maximum atomic E-state index is 12.0. The van der Waals surface area contributed by atoms with Crippen LogP contribution in [0, 0.1) is 0 Å². The molecular formula is C11H21N3O3. The fourth-order valence-electron chi connectivity index (χ4n) is 1.93. The molecular weight excluding hydrogens is 222 g/mol. The Balaban J connectivity index is 2.53. The quantitative estimate of drug-likeness (QED) is 0.687. The molecule has 0 bridgehead atoms. The molecule has 1 amide bonds. The molecule has 0 aliphatic carbocycles. The molecule has 17 heavy (non-hydrogen) atoms. The first kappa shape index (κ1) is 13.9. The van der Waals surface area contributed by atoms with Crippen LogP contribution in [0.2, 0.25) is 0 Å². The zero-order chi connectivity index (χ0) is 13.1. The van der Waals surface area contributed by atoms with Crippen LogP contribution in [0.3, 0.4) is 0 Å². The van der Waals surface area contributed by atoms with Gasteiger partial charge in [-0.25, -0.2) is 0 Å². The van der Waals surface area contributed by atoms with Crippen molar-refractivity contribution in [3.63, 3.8) is 0 Å². The van der Waals surface area contributed by atoms with Crippen molar-refractivity contribution in [3.05, 3.63) is 0 Å². The first-order valence-electron chi connectivity index (χ1n) is 5.83. The van der Waals surface area contributed by atoms with Gasteiger partial charge >= 0.3 is 5.97 Å². The van der Waals surface area contributed by atoms with E-state index in [-0.39, 0.29) is 12.5 Å². The van der Waals surface area contributed by atoms with E-state index in [0.717, 1.165) is 6.42 Å². The second kappa shape index (κ2) is 5.46. The van der Waals surface area contributed by atoms with Gasteiger partial charge in [0.25, 0.3) is 0 Å². The van der Waals surface area contributed by atoms with E-state index in [9.17, 15) is 9.59 Å². The van der Waals surface area contributed by atoms with Crippen LogP contribution in [0.15, 0.2) is 0 Å². The Bertz CT molecular complexity index is 299. The number of aliphatic carboxylic acids is 1. The van der Waals surface area contributed by atoms with E-state index in [1.165, 1.54) is 0 Å². The van der Waals surface area contributed by atoms with Gasteiger partial charge in [0.15, 0.2) is 0 Å². The van der Waals surface area contributed by atoms with Gasteiger partial charge in [0, 0.05) is 26.2 Å². The number of carboxylic acid groups (broad SMARTS) is 1. The molecule has 1 saturated heterocycles. The van der Waals surface area contributed by atoms with Gasteiger partial charge in [0.2, 0.25) is 5.91 Å². The summed E-state index contributed by atoms with van der Waals surface area (Å²) in [5, 5.41) is 8.72. The molecule has 1 heterocycles. The molecule has 0 unspecified atom stereocenters. The fourth-order valence-corrected chi connectivity index (χ4v) is 1.93. The van der Waals surface area contributed by atoms with E-state index in [4.69, 9.17) is 10.8 Å². The van der Waals surface area contributed by atoms with Crippen molar-refractivity contribution >= 4 is 11.9 Å². The van der Waals surface area contributed by atoms with Crippen molar-refractivity contribution in [1.29, 1.82) is 0 Å². The Kier molecular flexibility index (Phi) is 4.47. The second-order valence-corrected chi connectivity index (χ2v) is 5.04. The van der Waals surface area contributed by atoms with Crippen LogP contribution in [0.25, 0.3) is 0 Å². The molecule has 0 atom stereocenters. The molecule has 0 spiro atoms. The monoisotopic (exact) mass is 243 g/mol. The molecule has 1 rings (SSSR count). The van der Waals surface area contributed by atoms with Crippen molar-refractivity contribution in [2.45, 2.75) is 25.8 Å². The Morgan fingerprint density at radius 2 is 1.88 bits per heavy atom. The van der Waals surface area contributed by atoms with Gasteiger partial charge in [-0.2, -0.15) is 0 Å². The molecule has 1 aliphatic heterocycles. The van der Waals surface area contributed by atoms with E-state index in [2.05, 4.69) is 0 Å². The molecule has 0 aromatic heterocycles. The number of hydrogen-bond acceptors (Lipinski definition) is 4. The first-order chi connectivity index (χ1) is 7.80. The Morgan fingerprint density at radius 3 is 2.41 bits per heavy atom. The topological polar surface area (TPSA) is 86.9 Å². The number of rotatable bonds is 3. The SMILES string of the molecule is CC(C)(N)C(=O)N1CCCN(CC(=O)O)CC1. The van der Waals surface area contributed by atoms with Gasteiger partial charge in [-0.05, 0) is 20.3 Å². The van der Waals surface area contributed by atoms with Crippen LogP contribution in [0.4, 0.5) is 0 Å². The Hall–Kier alpha value is -1.14. The Labute approximate surface area is 101 Å². The van der Waals surface area contributed by atoms with E-state index < -0.39 is 11.5 Å². The second-order valence-electron chi connectivity index (χ2n) is 5.04. The lowest BCUT2D eigenvalue weighted by molar-refractivity contribution is -0.138. The molecule has 0 aromatic rings. The maximum absolute atomic E-state index is 12.0. The van der Waals surface area contributed by atoms with E-state index >= 15 is 0 Å². The summed E-state index contributed by atoms with van der Waals surface area (Å²) in [6.45, 7) is 5.91. The summed E-state index contributed by atoms with van der Waals surface area (Å²) in [6.07, 6.45) is 0.787. The number of nitrogens with two attached hydrogens (primary N) is 1. The van der Waals surface area contributed by atoms with E-state index in [1.54, 1.807) is 18.7 Å². The van der Waals surface area contributed by atoms with Crippen molar-refractivity contribution in [1.82, 2.24) is 9.80 Å². The number of amides is 1. The summed E-state index contributed by atoms with van der Waals surface area (Å²) >= 11 is 0. The first-order valence-corrected chi connectivity index (χ1v) is 5.83. The van der Waals surface area contributed by atoms with Gasteiger partial charge in [-0.15, -0.1) is 0 Å². The minimum absolute atomic E-state index is 0.0358. The lowest BCUT2D eigenvalue weighted by atomic mass is 10.1. The highest BCUT2D eigenvalue weighted by Gasteiger charge is 2.29. The van der Waals surface area contributed by atoms with E-state index in [0.29, 0.717) is 26.2 Å². The van der Waals surface area contributed by atoms with Gasteiger partial charge in [-0.3, -0.25) is 14.5 Å². The summed E-state index contributed by atoms with van der Waals surface area (Å²) in [4.78, 5) is 26.2. The largest absolute Gasteiger partial charge is 0.480 e. The molecule has 6 nitrogen and oxygen atoms in total. The summed E-state index contributed by atoms with van der Waals surface area (Å²) < 4.78 is 0. The highest BCUT2D eigenvalue weighted by molar-refractivity contribution is 5.85. The third-order valence-corrected chi connectivity index (χ3v) is 2.79. The van der Waals surface area contributed by atoms with Crippen LogP contribution in [-0.2, 0) is 9.59 Å². The third-order valence-electron chi connectivity index (χ3n) is 2.79. The predicted octanol–water partition coefficient (Wildman–Crippen LogP) is -0.657. The highest BCUT2D eigenvalue weighted by atomic mass is 16.4. The molecule has 1 aliphatic rings. The maximum Gasteiger partial charge on any atom is 0.317 e.